The summed E-state index contributed by atoms with van der Waals surface area (Å²) in [6, 6.07) is 1.20. The minimum atomic E-state index is -1.50. The molecule has 0 saturated carbocycles. The van der Waals surface area contributed by atoms with Gasteiger partial charge in [-0.3, -0.25) is 0 Å². The summed E-state index contributed by atoms with van der Waals surface area (Å²) in [5.41, 5.74) is -0.399. The minimum absolute atomic E-state index is 0.0118. The summed E-state index contributed by atoms with van der Waals surface area (Å²) in [6.45, 7) is 11.3. The molecule has 2 heterocycles. The zero-order valence-corrected chi connectivity index (χ0v) is 26.7. The van der Waals surface area contributed by atoms with E-state index in [9.17, 15) is 35.4 Å². The molecular weight excluding hydrogens is 552 g/mol. The van der Waals surface area contributed by atoms with Crippen LogP contribution >= 0.6 is 0 Å². The summed E-state index contributed by atoms with van der Waals surface area (Å²) in [6.07, 6.45) is 8.44. The molecule has 0 spiro atoms. The van der Waals surface area contributed by atoms with Crippen LogP contribution in [0.5, 0.6) is 5.75 Å². The monoisotopic (exact) mass is 606 g/mol. The molecule has 1 fully saturated rings. The van der Waals surface area contributed by atoms with Crippen molar-refractivity contribution in [3.05, 3.63) is 63.3 Å². The second-order valence-corrected chi connectivity index (χ2v) is 12.8. The summed E-state index contributed by atoms with van der Waals surface area (Å²) in [5.74, 6) is -0.0686. The van der Waals surface area contributed by atoms with Crippen LogP contribution in [0.1, 0.15) is 104 Å². The highest BCUT2D eigenvalue weighted by Crippen LogP contribution is 2.37. The predicted molar refractivity (Wildman–Crippen MR) is 167 cm³/mol. The third kappa shape index (κ3) is 10.7. The van der Waals surface area contributed by atoms with E-state index in [1.54, 1.807) is 26.0 Å². The number of allylic oxidation sites excluding steroid dienone is 3. The molecule has 1 saturated heterocycles. The van der Waals surface area contributed by atoms with Crippen molar-refractivity contribution in [1.29, 1.82) is 0 Å². The number of rotatable bonds is 16. The van der Waals surface area contributed by atoms with E-state index in [0.717, 1.165) is 12.0 Å². The molecule has 43 heavy (non-hydrogen) atoms. The number of ether oxygens (including phenoxy) is 1. The standard InChI is InChI=1S/C34H54O9/c1-7-8-9-10-11-21(2)14-23(4)16-24(19-35)15-22(3)12-13-28(39)34(5,6)29-18-26(37)30(33(41)43-29)32-31(40)27(38)17-25(20-36)42-32/h12-13,15-16,18,21,24-25,27-28,31-32,35-40H,7-11,14,17,19-20H2,1-6H3/b13-12+,22-15+,23-16-/t21?,24?,25-,27-,28?,31+,32+/m1/s1. The third-order valence-corrected chi connectivity index (χ3v) is 8.33. The van der Waals surface area contributed by atoms with E-state index in [2.05, 4.69) is 26.8 Å². The van der Waals surface area contributed by atoms with E-state index < -0.39 is 53.9 Å². The van der Waals surface area contributed by atoms with Gasteiger partial charge in [0, 0.05) is 18.4 Å². The predicted octanol–water partition coefficient (Wildman–Crippen LogP) is 4.58. The van der Waals surface area contributed by atoms with E-state index in [1.807, 2.05) is 13.0 Å². The van der Waals surface area contributed by atoms with Gasteiger partial charge in [0.05, 0.1) is 36.9 Å². The maximum absolute atomic E-state index is 12.9. The molecule has 0 aromatic carbocycles. The highest BCUT2D eigenvalue weighted by molar-refractivity contribution is 5.36. The fourth-order valence-electron chi connectivity index (χ4n) is 5.56. The number of aliphatic hydroxyl groups is 5. The Bertz CT molecular complexity index is 1150. The van der Waals surface area contributed by atoms with E-state index in [0.29, 0.717) is 5.92 Å². The molecule has 0 aliphatic carbocycles. The molecule has 9 nitrogen and oxygen atoms in total. The van der Waals surface area contributed by atoms with Crippen molar-refractivity contribution in [3.8, 4) is 5.75 Å². The van der Waals surface area contributed by atoms with Crippen LogP contribution in [0, 0.1) is 11.8 Å². The average molecular weight is 607 g/mol. The van der Waals surface area contributed by atoms with Gasteiger partial charge in [0.2, 0.25) is 0 Å². The number of aromatic hydroxyl groups is 1. The smallest absolute Gasteiger partial charge is 0.345 e. The van der Waals surface area contributed by atoms with Crippen molar-refractivity contribution in [2.45, 2.75) is 122 Å². The minimum Gasteiger partial charge on any atom is -0.507 e. The number of hydrogen-bond donors (Lipinski definition) is 6. The first-order valence-corrected chi connectivity index (χ1v) is 15.6. The molecule has 244 valence electrons. The Morgan fingerprint density at radius 3 is 2.44 bits per heavy atom. The second kappa shape index (κ2) is 17.3. The highest BCUT2D eigenvalue weighted by atomic mass is 16.5. The molecular formula is C34H54O9. The normalized spacial score (nSPS) is 24.3. The van der Waals surface area contributed by atoms with Gasteiger partial charge < -0.3 is 39.8 Å². The Labute approximate surface area is 256 Å². The molecule has 7 atom stereocenters. The van der Waals surface area contributed by atoms with Crippen molar-refractivity contribution >= 4 is 0 Å². The fourth-order valence-corrected chi connectivity index (χ4v) is 5.56. The Balaban J connectivity index is 2.14. The molecule has 3 unspecified atom stereocenters. The van der Waals surface area contributed by atoms with E-state index >= 15 is 0 Å². The van der Waals surface area contributed by atoms with Crippen LogP contribution < -0.4 is 5.63 Å². The van der Waals surface area contributed by atoms with Crippen molar-refractivity contribution in [2.75, 3.05) is 13.2 Å². The summed E-state index contributed by atoms with van der Waals surface area (Å²) < 4.78 is 11.0. The van der Waals surface area contributed by atoms with Gasteiger partial charge in [0.15, 0.2) is 0 Å². The lowest BCUT2D eigenvalue weighted by Crippen LogP contribution is -2.46. The second-order valence-electron chi connectivity index (χ2n) is 12.8. The van der Waals surface area contributed by atoms with E-state index in [-0.39, 0.29) is 30.3 Å². The van der Waals surface area contributed by atoms with Gasteiger partial charge in [0.1, 0.15) is 29.3 Å². The zero-order valence-electron chi connectivity index (χ0n) is 26.7. The Hall–Kier alpha value is -2.27. The first kappa shape index (κ1) is 36.9. The van der Waals surface area contributed by atoms with Gasteiger partial charge in [-0.15, -0.1) is 0 Å². The lowest BCUT2D eigenvalue weighted by atomic mass is 9.82. The summed E-state index contributed by atoms with van der Waals surface area (Å²) >= 11 is 0. The first-order chi connectivity index (χ1) is 20.2. The molecule has 9 heteroatoms. The summed E-state index contributed by atoms with van der Waals surface area (Å²) in [4.78, 5) is 12.9. The topological polar surface area (TPSA) is 161 Å². The lowest BCUT2D eigenvalue weighted by molar-refractivity contribution is -0.180. The number of unbranched alkanes of at least 4 members (excludes halogenated alkanes) is 3. The quantitative estimate of drug-likeness (QED) is 0.0899. The van der Waals surface area contributed by atoms with Crippen LogP contribution in [0.25, 0.3) is 0 Å². The first-order valence-electron chi connectivity index (χ1n) is 15.6. The molecule has 1 aliphatic rings. The van der Waals surface area contributed by atoms with Crippen molar-refractivity contribution < 1.29 is 39.8 Å². The van der Waals surface area contributed by atoms with Gasteiger partial charge >= 0.3 is 5.63 Å². The molecule has 6 N–H and O–H groups in total. The molecule has 0 bridgehead atoms. The van der Waals surface area contributed by atoms with Gasteiger partial charge in [-0.05, 0) is 40.0 Å². The molecule has 0 amide bonds. The zero-order chi connectivity index (χ0) is 32.3. The molecule has 1 aromatic rings. The van der Waals surface area contributed by atoms with Crippen molar-refractivity contribution in [2.24, 2.45) is 11.8 Å². The van der Waals surface area contributed by atoms with Crippen LogP contribution in [0.4, 0.5) is 0 Å². The van der Waals surface area contributed by atoms with Crippen LogP contribution in [-0.2, 0) is 10.2 Å². The highest BCUT2D eigenvalue weighted by Gasteiger charge is 2.41. The van der Waals surface area contributed by atoms with Gasteiger partial charge in [0.25, 0.3) is 0 Å². The third-order valence-electron chi connectivity index (χ3n) is 8.33. The molecule has 2 rings (SSSR count). The van der Waals surface area contributed by atoms with Crippen LogP contribution in [0.15, 0.2) is 50.7 Å². The van der Waals surface area contributed by atoms with Gasteiger partial charge in [-0.1, -0.05) is 81.4 Å². The Kier molecular flexibility index (Phi) is 14.8. The molecule has 1 aliphatic heterocycles. The Morgan fingerprint density at radius 2 is 1.84 bits per heavy atom. The lowest BCUT2D eigenvalue weighted by Gasteiger charge is -2.36. The van der Waals surface area contributed by atoms with Crippen LogP contribution in [0.3, 0.4) is 0 Å². The maximum atomic E-state index is 12.9. The van der Waals surface area contributed by atoms with E-state index in [4.69, 9.17) is 9.15 Å². The van der Waals surface area contributed by atoms with Gasteiger partial charge in [-0.2, -0.15) is 0 Å². The van der Waals surface area contributed by atoms with Crippen LogP contribution in [0.2, 0.25) is 0 Å². The van der Waals surface area contributed by atoms with E-state index in [1.165, 1.54) is 43.7 Å². The number of hydrogen-bond acceptors (Lipinski definition) is 9. The van der Waals surface area contributed by atoms with Crippen LogP contribution in [-0.4, -0.2) is 68.3 Å². The van der Waals surface area contributed by atoms with Crippen molar-refractivity contribution in [1.82, 2.24) is 0 Å². The van der Waals surface area contributed by atoms with Gasteiger partial charge in [-0.25, -0.2) is 4.79 Å². The number of aliphatic hydroxyl groups excluding tert-OH is 5. The fraction of sp³-hybridized carbons (Fsp3) is 0.676. The molecule has 1 aromatic heterocycles. The maximum Gasteiger partial charge on any atom is 0.345 e. The summed E-state index contributed by atoms with van der Waals surface area (Å²) in [7, 11) is 0. The SMILES string of the molecule is CCCCCCC(C)C/C(C)=C\C(/C=C(C)/C=C/C(O)C(C)(C)c1cc(O)c([C@@H]2O[C@@H](CO)C[C@@H](O)[C@@H]2O)c(=O)o1)CO. The summed E-state index contributed by atoms with van der Waals surface area (Å²) in [5, 5.41) is 61.7. The van der Waals surface area contributed by atoms with Crippen molar-refractivity contribution in [3.63, 3.8) is 0 Å². The largest absolute Gasteiger partial charge is 0.507 e. The average Bonchev–Trinajstić information content (AvgIpc) is 2.95. The molecule has 0 radical (unpaired) electrons. The Morgan fingerprint density at radius 1 is 1.14 bits per heavy atom.